The molecule has 1 amide bonds. The Balaban J connectivity index is 1.21. The van der Waals surface area contributed by atoms with E-state index < -0.39 is 0 Å². The predicted octanol–water partition coefficient (Wildman–Crippen LogP) is 6.57. The number of nitrogens with zero attached hydrogens (tertiary/aromatic N) is 5. The van der Waals surface area contributed by atoms with Gasteiger partial charge in [0.1, 0.15) is 5.82 Å². The summed E-state index contributed by atoms with van der Waals surface area (Å²) in [4.78, 5) is 17.4. The van der Waals surface area contributed by atoms with Gasteiger partial charge in [-0.15, -0.1) is 10.2 Å². The molecule has 0 saturated carbocycles. The number of thioether (sulfide) groups is 1. The maximum Gasteiger partial charge on any atom is 0.254 e. The quantitative estimate of drug-likeness (QED) is 0.205. The summed E-state index contributed by atoms with van der Waals surface area (Å²) >= 11 is 7.78. The number of benzene rings is 3. The number of carbonyl (C=O) groups is 1. The van der Waals surface area contributed by atoms with Gasteiger partial charge in [0.15, 0.2) is 10.9 Å². The molecule has 1 saturated heterocycles. The van der Waals surface area contributed by atoms with Crippen LogP contribution in [-0.2, 0) is 5.75 Å². The summed E-state index contributed by atoms with van der Waals surface area (Å²) in [6.45, 7) is 2.18. The van der Waals surface area contributed by atoms with Gasteiger partial charge in [0, 0.05) is 42.5 Å². The normalized spacial score (nSPS) is 13.6. The van der Waals surface area contributed by atoms with Crippen molar-refractivity contribution in [2.45, 2.75) is 10.9 Å². The number of piperazine rings is 1. The van der Waals surface area contributed by atoms with E-state index in [1.165, 1.54) is 17.8 Å². The summed E-state index contributed by atoms with van der Waals surface area (Å²) in [7, 11) is 0. The van der Waals surface area contributed by atoms with E-state index in [9.17, 15) is 9.18 Å². The number of carbonyl (C=O) groups excluding carboxylic acids is 1. The first-order valence-electron chi connectivity index (χ1n) is 12.8. The van der Waals surface area contributed by atoms with Crippen molar-refractivity contribution in [3.05, 3.63) is 113 Å². The van der Waals surface area contributed by atoms with Gasteiger partial charge in [-0.05, 0) is 54.1 Å². The van der Waals surface area contributed by atoms with E-state index in [0.717, 1.165) is 11.3 Å². The monoisotopic (exact) mass is 573 g/mol. The van der Waals surface area contributed by atoms with Gasteiger partial charge in [-0.1, -0.05) is 59.8 Å². The molecule has 0 spiro atoms. The SMILES string of the molecule is O=C(c1ccccc1CSc1nnc(-c2ccco2)n1-c1cccc(Cl)c1)N1CCN(c2ccccc2F)CC1. The summed E-state index contributed by atoms with van der Waals surface area (Å²) in [5.74, 6) is 1.38. The van der Waals surface area contributed by atoms with Gasteiger partial charge < -0.3 is 14.2 Å². The molecule has 0 unspecified atom stereocenters. The second-order valence-corrected chi connectivity index (χ2v) is 10.7. The van der Waals surface area contributed by atoms with E-state index in [2.05, 4.69) is 10.2 Å². The molecule has 202 valence electrons. The van der Waals surface area contributed by atoms with Crippen LogP contribution in [0.4, 0.5) is 10.1 Å². The van der Waals surface area contributed by atoms with Crippen LogP contribution in [0.25, 0.3) is 17.3 Å². The molecule has 7 nitrogen and oxygen atoms in total. The average Bonchev–Trinajstić information content (AvgIpc) is 3.67. The number of hydrogen-bond donors (Lipinski definition) is 0. The summed E-state index contributed by atoms with van der Waals surface area (Å²) in [6.07, 6.45) is 1.59. The van der Waals surface area contributed by atoms with E-state index in [1.807, 2.05) is 75.0 Å². The molecule has 1 aliphatic rings. The Morgan fingerprint density at radius 1 is 0.925 bits per heavy atom. The molecule has 1 fully saturated rings. The Hall–Kier alpha value is -4.08. The molecule has 0 aliphatic carbocycles. The molecule has 5 aromatic rings. The van der Waals surface area contributed by atoms with Crippen LogP contribution < -0.4 is 4.90 Å². The van der Waals surface area contributed by atoms with Gasteiger partial charge in [-0.2, -0.15) is 0 Å². The van der Waals surface area contributed by atoms with Crippen LogP contribution in [-0.4, -0.2) is 51.8 Å². The van der Waals surface area contributed by atoms with Gasteiger partial charge in [0.05, 0.1) is 17.6 Å². The lowest BCUT2D eigenvalue weighted by Gasteiger charge is -2.36. The Morgan fingerprint density at radius 3 is 2.50 bits per heavy atom. The van der Waals surface area contributed by atoms with E-state index in [-0.39, 0.29) is 11.7 Å². The first kappa shape index (κ1) is 26.2. The first-order valence-corrected chi connectivity index (χ1v) is 14.2. The lowest BCUT2D eigenvalue weighted by Crippen LogP contribution is -2.49. The van der Waals surface area contributed by atoms with E-state index >= 15 is 0 Å². The predicted molar refractivity (Wildman–Crippen MR) is 155 cm³/mol. The zero-order valence-electron chi connectivity index (χ0n) is 21.4. The van der Waals surface area contributed by atoms with Crippen molar-refractivity contribution in [3.8, 4) is 17.3 Å². The highest BCUT2D eigenvalue weighted by atomic mass is 35.5. The van der Waals surface area contributed by atoms with Crippen molar-refractivity contribution < 1.29 is 13.6 Å². The highest BCUT2D eigenvalue weighted by molar-refractivity contribution is 7.98. The third kappa shape index (κ3) is 5.35. The van der Waals surface area contributed by atoms with Gasteiger partial charge >= 0.3 is 0 Å². The van der Waals surface area contributed by atoms with Crippen LogP contribution in [0.2, 0.25) is 5.02 Å². The molecule has 2 aromatic heterocycles. The average molecular weight is 574 g/mol. The molecule has 40 heavy (non-hydrogen) atoms. The molecule has 6 rings (SSSR count). The maximum atomic E-state index is 14.3. The second kappa shape index (κ2) is 11.6. The Labute approximate surface area is 240 Å². The highest BCUT2D eigenvalue weighted by Crippen LogP contribution is 2.32. The molecule has 3 aromatic carbocycles. The lowest BCUT2D eigenvalue weighted by molar-refractivity contribution is 0.0746. The fourth-order valence-electron chi connectivity index (χ4n) is 4.80. The molecule has 0 radical (unpaired) electrons. The number of para-hydroxylation sites is 1. The highest BCUT2D eigenvalue weighted by Gasteiger charge is 2.25. The molecule has 10 heteroatoms. The minimum atomic E-state index is -0.245. The van der Waals surface area contributed by atoms with Crippen molar-refractivity contribution in [2.75, 3.05) is 31.1 Å². The van der Waals surface area contributed by atoms with Crippen LogP contribution in [0.3, 0.4) is 0 Å². The Morgan fingerprint density at radius 2 is 1.73 bits per heavy atom. The second-order valence-electron chi connectivity index (χ2n) is 9.28. The van der Waals surface area contributed by atoms with Crippen LogP contribution in [0.15, 0.2) is 101 Å². The summed E-state index contributed by atoms with van der Waals surface area (Å²) < 4.78 is 21.8. The topological polar surface area (TPSA) is 67.4 Å². The number of furan rings is 1. The summed E-state index contributed by atoms with van der Waals surface area (Å²) in [5.41, 5.74) is 2.93. The zero-order valence-corrected chi connectivity index (χ0v) is 23.0. The van der Waals surface area contributed by atoms with Gasteiger partial charge in [0.25, 0.3) is 5.91 Å². The molecule has 1 aliphatic heterocycles. The lowest BCUT2D eigenvalue weighted by atomic mass is 10.1. The number of rotatable bonds is 7. The van der Waals surface area contributed by atoms with Crippen molar-refractivity contribution in [2.24, 2.45) is 0 Å². The van der Waals surface area contributed by atoms with Crippen LogP contribution in [0.1, 0.15) is 15.9 Å². The van der Waals surface area contributed by atoms with E-state index in [4.69, 9.17) is 16.0 Å². The molecule has 0 N–H and O–H groups in total. The largest absolute Gasteiger partial charge is 0.461 e. The zero-order chi connectivity index (χ0) is 27.5. The maximum absolute atomic E-state index is 14.3. The molecule has 3 heterocycles. The van der Waals surface area contributed by atoms with E-state index in [0.29, 0.717) is 64.9 Å². The third-order valence-corrected chi connectivity index (χ3v) is 8.02. The van der Waals surface area contributed by atoms with Gasteiger partial charge in [-0.25, -0.2) is 4.39 Å². The Kier molecular flexibility index (Phi) is 7.57. The Bertz CT molecular complexity index is 1630. The summed E-state index contributed by atoms with van der Waals surface area (Å²) in [6, 6.07) is 25.5. The summed E-state index contributed by atoms with van der Waals surface area (Å²) in [5, 5.41) is 10.1. The van der Waals surface area contributed by atoms with Crippen LogP contribution in [0.5, 0.6) is 0 Å². The van der Waals surface area contributed by atoms with Gasteiger partial charge in [0.2, 0.25) is 5.82 Å². The van der Waals surface area contributed by atoms with Crippen LogP contribution >= 0.6 is 23.4 Å². The minimum absolute atomic E-state index is 0.0306. The number of halogens is 2. The van der Waals surface area contributed by atoms with Gasteiger partial charge in [-0.3, -0.25) is 9.36 Å². The van der Waals surface area contributed by atoms with Crippen molar-refractivity contribution in [1.29, 1.82) is 0 Å². The number of anilines is 1. The van der Waals surface area contributed by atoms with Crippen molar-refractivity contribution in [1.82, 2.24) is 19.7 Å². The smallest absolute Gasteiger partial charge is 0.254 e. The minimum Gasteiger partial charge on any atom is -0.461 e. The number of hydrogen-bond acceptors (Lipinski definition) is 6. The standard InChI is InChI=1S/C30H25ClFN5O2S/c31-22-8-5-9-23(19-22)37-28(27-13-6-18-39-27)33-34-30(37)40-20-21-7-1-2-10-24(21)29(38)36-16-14-35(15-17-36)26-12-4-3-11-25(26)32/h1-13,18-19H,14-17,20H2. The third-order valence-electron chi connectivity index (χ3n) is 6.81. The van der Waals surface area contributed by atoms with E-state index in [1.54, 1.807) is 24.5 Å². The van der Waals surface area contributed by atoms with Crippen molar-refractivity contribution >= 4 is 35.0 Å². The molecular formula is C30H25ClFN5O2S. The number of amides is 1. The number of aromatic nitrogens is 3. The fourth-order valence-corrected chi connectivity index (χ4v) is 5.94. The molecule has 0 atom stereocenters. The fraction of sp³-hybridized carbons (Fsp3) is 0.167. The first-order chi connectivity index (χ1) is 19.6. The van der Waals surface area contributed by atoms with Crippen LogP contribution in [0, 0.1) is 5.82 Å². The molecule has 0 bridgehead atoms. The van der Waals surface area contributed by atoms with Crippen molar-refractivity contribution in [3.63, 3.8) is 0 Å². The molecular weight excluding hydrogens is 549 g/mol.